The number of hydrogen-bond acceptors (Lipinski definition) is 4. The first-order valence-corrected chi connectivity index (χ1v) is 9.02. The van der Waals surface area contributed by atoms with Crippen molar-refractivity contribution in [1.82, 2.24) is 9.97 Å². The number of rotatable bonds is 7. The Morgan fingerprint density at radius 1 is 1.04 bits per heavy atom. The molecule has 0 radical (unpaired) electrons. The highest BCUT2D eigenvalue weighted by Gasteiger charge is 2.18. The minimum absolute atomic E-state index is 0.264. The second-order valence-electron chi connectivity index (χ2n) is 6.38. The third-order valence-corrected chi connectivity index (χ3v) is 4.40. The lowest BCUT2D eigenvalue weighted by molar-refractivity contribution is 0.112. The molecule has 0 amide bonds. The molecule has 0 N–H and O–H groups in total. The van der Waals surface area contributed by atoms with E-state index in [0.717, 1.165) is 31.2 Å². The van der Waals surface area contributed by atoms with E-state index in [2.05, 4.69) is 16.9 Å². The van der Waals surface area contributed by atoms with Gasteiger partial charge in [-0.05, 0) is 25.0 Å². The third-order valence-electron chi connectivity index (χ3n) is 4.40. The van der Waals surface area contributed by atoms with Crippen molar-refractivity contribution in [2.75, 3.05) is 7.11 Å². The Bertz CT molecular complexity index is 965. The fraction of sp³-hybridized carbons (Fsp3) is 0.227. The fourth-order valence-electron chi connectivity index (χ4n) is 2.93. The fourth-order valence-corrected chi connectivity index (χ4v) is 2.93. The minimum Gasteiger partial charge on any atom is -0.491 e. The van der Waals surface area contributed by atoms with Crippen molar-refractivity contribution in [3.8, 4) is 28.3 Å². The average Bonchev–Trinajstić information content (AvgIpc) is 2.72. The van der Waals surface area contributed by atoms with Gasteiger partial charge in [0.05, 0.1) is 24.2 Å². The van der Waals surface area contributed by atoms with E-state index in [1.807, 2.05) is 0 Å². The molecule has 28 heavy (non-hydrogen) atoms. The molecule has 3 rings (SSSR count). The van der Waals surface area contributed by atoms with Crippen molar-refractivity contribution >= 4 is 6.29 Å². The van der Waals surface area contributed by atoms with Gasteiger partial charge in [-0.2, -0.15) is 0 Å². The molecule has 4 nitrogen and oxygen atoms in total. The minimum atomic E-state index is -0.809. The predicted molar refractivity (Wildman–Crippen MR) is 103 cm³/mol. The molecule has 0 aliphatic carbocycles. The Kier molecular flexibility index (Phi) is 6.09. The largest absolute Gasteiger partial charge is 0.491 e. The van der Waals surface area contributed by atoms with Crippen molar-refractivity contribution in [3.63, 3.8) is 0 Å². The second-order valence-corrected chi connectivity index (χ2v) is 6.38. The maximum Gasteiger partial charge on any atom is 0.190 e. The molecule has 3 aromatic rings. The van der Waals surface area contributed by atoms with Gasteiger partial charge in [0, 0.05) is 22.9 Å². The van der Waals surface area contributed by atoms with Crippen LogP contribution in [0.5, 0.6) is 5.75 Å². The van der Waals surface area contributed by atoms with E-state index in [-0.39, 0.29) is 5.56 Å². The Morgan fingerprint density at radius 2 is 1.71 bits per heavy atom. The van der Waals surface area contributed by atoms with Crippen LogP contribution in [0.15, 0.2) is 42.6 Å². The van der Waals surface area contributed by atoms with Crippen molar-refractivity contribution in [2.45, 2.75) is 26.2 Å². The number of aldehydes is 1. The van der Waals surface area contributed by atoms with Crippen molar-refractivity contribution in [2.24, 2.45) is 0 Å². The number of methoxy groups -OCH3 is 1. The van der Waals surface area contributed by atoms with Gasteiger partial charge in [-0.15, -0.1) is 0 Å². The van der Waals surface area contributed by atoms with Gasteiger partial charge in [0.25, 0.3) is 0 Å². The van der Waals surface area contributed by atoms with E-state index in [1.165, 1.54) is 19.2 Å². The Labute approximate surface area is 162 Å². The highest BCUT2D eigenvalue weighted by atomic mass is 19.1. The molecule has 0 aliphatic heterocycles. The summed E-state index contributed by atoms with van der Waals surface area (Å²) in [4.78, 5) is 20.1. The molecular formula is C22H20F2N2O2. The lowest BCUT2D eigenvalue weighted by Crippen LogP contribution is -2.01. The zero-order valence-corrected chi connectivity index (χ0v) is 15.7. The summed E-state index contributed by atoms with van der Waals surface area (Å²) in [7, 11) is 1.21. The quantitative estimate of drug-likeness (QED) is 0.524. The van der Waals surface area contributed by atoms with E-state index in [1.54, 1.807) is 30.5 Å². The van der Waals surface area contributed by atoms with Crippen LogP contribution in [0.25, 0.3) is 22.5 Å². The number of aryl methyl sites for hydroxylation is 1. The van der Waals surface area contributed by atoms with Crippen LogP contribution in [-0.4, -0.2) is 23.4 Å². The van der Waals surface area contributed by atoms with Crippen LogP contribution in [0, 0.1) is 11.6 Å². The van der Waals surface area contributed by atoms with Crippen molar-refractivity contribution in [3.05, 3.63) is 65.5 Å². The molecule has 0 bridgehead atoms. The van der Waals surface area contributed by atoms with Crippen molar-refractivity contribution < 1.29 is 18.3 Å². The molecule has 0 saturated heterocycles. The number of unbranched alkanes of at least 4 members (excludes halogenated alkanes) is 1. The summed E-state index contributed by atoms with van der Waals surface area (Å²) < 4.78 is 33.2. The summed E-state index contributed by atoms with van der Waals surface area (Å²) in [5.74, 6) is -2.05. The summed E-state index contributed by atoms with van der Waals surface area (Å²) in [5, 5.41) is 0. The molecule has 0 atom stereocenters. The number of aromatic nitrogens is 2. The molecular weight excluding hydrogens is 362 g/mol. The predicted octanol–water partition coefficient (Wildman–Crippen LogP) is 5.25. The summed E-state index contributed by atoms with van der Waals surface area (Å²) in [6, 6.07) is 9.19. The molecule has 0 fully saturated rings. The van der Waals surface area contributed by atoms with Crippen LogP contribution in [0.2, 0.25) is 0 Å². The summed E-state index contributed by atoms with van der Waals surface area (Å²) in [6.07, 6.45) is 5.12. The van der Waals surface area contributed by atoms with Gasteiger partial charge >= 0.3 is 0 Å². The molecule has 0 aliphatic rings. The first-order chi connectivity index (χ1) is 13.6. The van der Waals surface area contributed by atoms with E-state index in [0.29, 0.717) is 22.5 Å². The summed E-state index contributed by atoms with van der Waals surface area (Å²) in [6.45, 7) is 2.09. The van der Waals surface area contributed by atoms with Crippen LogP contribution in [0.3, 0.4) is 0 Å². The smallest absolute Gasteiger partial charge is 0.190 e. The van der Waals surface area contributed by atoms with Crippen molar-refractivity contribution in [1.29, 1.82) is 0 Å². The first kappa shape index (κ1) is 19.6. The van der Waals surface area contributed by atoms with Crippen LogP contribution in [0.1, 0.15) is 35.8 Å². The highest BCUT2D eigenvalue weighted by molar-refractivity contribution is 5.81. The number of nitrogens with zero attached hydrogens (tertiary/aromatic N) is 2. The van der Waals surface area contributed by atoms with Crippen LogP contribution < -0.4 is 4.74 Å². The van der Waals surface area contributed by atoms with Gasteiger partial charge in [0.2, 0.25) is 0 Å². The van der Waals surface area contributed by atoms with E-state index in [4.69, 9.17) is 4.74 Å². The molecule has 0 saturated carbocycles. The van der Waals surface area contributed by atoms with Gasteiger partial charge < -0.3 is 4.74 Å². The standard InChI is InChI=1S/C22H20F2N2O2/c1-3-4-5-17-12-25-20(16-10-18(23)22(28-2)19(24)11-16)21(26-17)15-8-6-14(13-27)7-9-15/h6-13H,3-5H2,1-2H3. The molecule has 144 valence electrons. The van der Waals surface area contributed by atoms with Crippen LogP contribution in [-0.2, 0) is 6.42 Å². The number of hydrogen-bond donors (Lipinski definition) is 0. The number of carbonyl (C=O) groups is 1. The zero-order chi connectivity index (χ0) is 20.1. The van der Waals surface area contributed by atoms with Gasteiger partial charge in [0.1, 0.15) is 6.29 Å². The second kappa shape index (κ2) is 8.69. The molecule has 1 aromatic heterocycles. The SMILES string of the molecule is CCCCc1cnc(-c2cc(F)c(OC)c(F)c2)c(-c2ccc(C=O)cc2)n1. The average molecular weight is 382 g/mol. The Morgan fingerprint density at radius 3 is 2.29 bits per heavy atom. The highest BCUT2D eigenvalue weighted by Crippen LogP contribution is 2.33. The number of carbonyl (C=O) groups excluding carboxylic acids is 1. The monoisotopic (exact) mass is 382 g/mol. The maximum absolute atomic E-state index is 14.2. The summed E-state index contributed by atoms with van der Waals surface area (Å²) >= 11 is 0. The first-order valence-electron chi connectivity index (χ1n) is 9.02. The number of ether oxygens (including phenoxy) is 1. The Hall–Kier alpha value is -3.15. The lowest BCUT2D eigenvalue weighted by Gasteiger charge is -2.12. The maximum atomic E-state index is 14.2. The molecule has 2 aromatic carbocycles. The van der Waals surface area contributed by atoms with Gasteiger partial charge in [-0.1, -0.05) is 37.6 Å². The van der Waals surface area contributed by atoms with E-state index < -0.39 is 17.4 Å². The zero-order valence-electron chi connectivity index (χ0n) is 15.7. The van der Waals surface area contributed by atoms with E-state index >= 15 is 0 Å². The molecule has 0 unspecified atom stereocenters. The summed E-state index contributed by atoms with van der Waals surface area (Å²) in [5.41, 5.74) is 3.17. The van der Waals surface area contributed by atoms with Crippen LogP contribution in [0.4, 0.5) is 8.78 Å². The number of halogens is 2. The molecule has 0 spiro atoms. The molecule has 1 heterocycles. The van der Waals surface area contributed by atoms with Crippen LogP contribution >= 0.6 is 0 Å². The van der Waals surface area contributed by atoms with Gasteiger partial charge in [0.15, 0.2) is 17.4 Å². The van der Waals surface area contributed by atoms with Gasteiger partial charge in [-0.3, -0.25) is 9.78 Å². The van der Waals surface area contributed by atoms with E-state index in [9.17, 15) is 13.6 Å². The molecule has 6 heteroatoms. The number of benzene rings is 2. The third kappa shape index (κ3) is 4.06. The Balaban J connectivity index is 2.15. The lowest BCUT2D eigenvalue weighted by atomic mass is 10.0. The van der Waals surface area contributed by atoms with Gasteiger partial charge in [-0.25, -0.2) is 13.8 Å². The topological polar surface area (TPSA) is 52.1 Å². The normalized spacial score (nSPS) is 10.7.